The molecular formula is C30H41N5O3S. The van der Waals surface area contributed by atoms with Crippen LogP contribution in [0.1, 0.15) is 59.5 Å². The van der Waals surface area contributed by atoms with Crippen molar-refractivity contribution in [2.75, 3.05) is 52.6 Å². The van der Waals surface area contributed by atoms with Gasteiger partial charge in [0.05, 0.1) is 16.8 Å². The smallest absolute Gasteiger partial charge is 0.250 e. The summed E-state index contributed by atoms with van der Waals surface area (Å²) in [6, 6.07) is 12.6. The van der Waals surface area contributed by atoms with Crippen molar-refractivity contribution in [3.05, 3.63) is 59.3 Å². The quantitative estimate of drug-likeness (QED) is 0.397. The first kappa shape index (κ1) is 27.8. The SMILES string of the molecule is CN(C)CCCS(=O)(=O)N1CCC(c2c[nH]c3c(C(N)=O)cc(-c4ccc(CN5CCCC5)cc4)cc23)CC1. The number of piperidine rings is 1. The summed E-state index contributed by atoms with van der Waals surface area (Å²) in [7, 11) is 0.663. The maximum Gasteiger partial charge on any atom is 0.250 e. The highest BCUT2D eigenvalue weighted by molar-refractivity contribution is 7.89. The van der Waals surface area contributed by atoms with Gasteiger partial charge >= 0.3 is 0 Å². The number of nitrogens with two attached hydrogens (primary N) is 1. The number of aromatic amines is 1. The third-order valence-corrected chi connectivity index (χ3v) is 10.2. The number of benzene rings is 2. The van der Waals surface area contributed by atoms with E-state index >= 15 is 0 Å². The summed E-state index contributed by atoms with van der Waals surface area (Å²) in [6.07, 6.45) is 6.67. The number of nitrogens with one attached hydrogen (secondary N) is 1. The van der Waals surface area contributed by atoms with Gasteiger partial charge in [0.25, 0.3) is 5.91 Å². The van der Waals surface area contributed by atoms with Crippen molar-refractivity contribution in [2.45, 2.75) is 44.6 Å². The molecule has 0 aliphatic carbocycles. The van der Waals surface area contributed by atoms with E-state index in [9.17, 15) is 13.2 Å². The molecule has 210 valence electrons. The van der Waals surface area contributed by atoms with Crippen molar-refractivity contribution in [1.82, 2.24) is 19.1 Å². The molecule has 2 aliphatic rings. The average Bonchev–Trinajstić information content (AvgIpc) is 3.58. The van der Waals surface area contributed by atoms with Crippen LogP contribution in [0.25, 0.3) is 22.0 Å². The fourth-order valence-electron chi connectivity index (χ4n) is 6.09. The molecule has 2 aliphatic heterocycles. The third-order valence-electron chi connectivity index (χ3n) is 8.27. The van der Waals surface area contributed by atoms with E-state index in [1.54, 1.807) is 4.31 Å². The highest BCUT2D eigenvalue weighted by Crippen LogP contribution is 2.37. The number of H-pyrrole nitrogens is 1. The number of likely N-dealkylation sites (tertiary alicyclic amines) is 1. The molecule has 3 heterocycles. The second-order valence-electron chi connectivity index (χ2n) is 11.4. The van der Waals surface area contributed by atoms with Gasteiger partial charge in [-0.2, -0.15) is 0 Å². The van der Waals surface area contributed by atoms with Gasteiger partial charge in [-0.25, -0.2) is 12.7 Å². The number of carbonyl (C=O) groups excluding carboxylic acids is 1. The highest BCUT2D eigenvalue weighted by Gasteiger charge is 2.30. The van der Waals surface area contributed by atoms with Crippen LogP contribution < -0.4 is 5.73 Å². The number of aromatic nitrogens is 1. The molecule has 0 bridgehead atoms. The van der Waals surface area contributed by atoms with Gasteiger partial charge in [-0.1, -0.05) is 24.3 Å². The lowest BCUT2D eigenvalue weighted by molar-refractivity contribution is 0.100. The lowest BCUT2D eigenvalue weighted by Gasteiger charge is -2.31. The zero-order valence-corrected chi connectivity index (χ0v) is 24.0. The highest BCUT2D eigenvalue weighted by atomic mass is 32.2. The molecule has 8 nitrogen and oxygen atoms in total. The summed E-state index contributed by atoms with van der Waals surface area (Å²) in [5.74, 6) is -0.0595. The molecule has 3 N–H and O–H groups in total. The van der Waals surface area contributed by atoms with Crippen LogP contribution in [-0.4, -0.2) is 86.0 Å². The van der Waals surface area contributed by atoms with Gasteiger partial charge in [-0.15, -0.1) is 0 Å². The van der Waals surface area contributed by atoms with Crippen molar-refractivity contribution in [3.8, 4) is 11.1 Å². The number of hydrogen-bond acceptors (Lipinski definition) is 5. The molecule has 9 heteroatoms. The van der Waals surface area contributed by atoms with E-state index in [1.165, 1.54) is 18.4 Å². The molecule has 0 atom stereocenters. The Morgan fingerprint density at radius 2 is 1.72 bits per heavy atom. The number of nitrogens with zero attached hydrogens (tertiary/aromatic N) is 3. The van der Waals surface area contributed by atoms with E-state index in [1.807, 2.05) is 31.3 Å². The van der Waals surface area contributed by atoms with E-state index in [0.29, 0.717) is 25.1 Å². The van der Waals surface area contributed by atoms with Crippen LogP contribution >= 0.6 is 0 Å². The fourth-order valence-corrected chi connectivity index (χ4v) is 7.61. The second-order valence-corrected chi connectivity index (χ2v) is 13.5. The monoisotopic (exact) mass is 551 g/mol. The molecule has 5 rings (SSSR count). The van der Waals surface area contributed by atoms with Gasteiger partial charge < -0.3 is 15.6 Å². The Labute approximate surface area is 232 Å². The van der Waals surface area contributed by atoms with E-state index in [4.69, 9.17) is 5.73 Å². The molecule has 39 heavy (non-hydrogen) atoms. The van der Waals surface area contributed by atoms with Crippen LogP contribution in [0.5, 0.6) is 0 Å². The zero-order valence-electron chi connectivity index (χ0n) is 23.2. The molecule has 0 radical (unpaired) electrons. The Morgan fingerprint density at radius 3 is 2.36 bits per heavy atom. The first-order chi connectivity index (χ1) is 18.7. The van der Waals surface area contributed by atoms with Crippen LogP contribution in [0.3, 0.4) is 0 Å². The number of carbonyl (C=O) groups is 1. The van der Waals surface area contributed by atoms with Crippen molar-refractivity contribution in [1.29, 1.82) is 0 Å². The Bertz CT molecular complexity index is 1400. The van der Waals surface area contributed by atoms with Gasteiger partial charge in [-0.05, 0) is 106 Å². The lowest BCUT2D eigenvalue weighted by Crippen LogP contribution is -2.39. The summed E-state index contributed by atoms with van der Waals surface area (Å²) in [5.41, 5.74) is 11.5. The number of amides is 1. The standard InChI is InChI=1S/C30H41N5O3S/c1-33(2)12-5-17-39(37,38)35-15-10-24(11-16-35)28-20-32-29-26(28)18-25(19-27(29)30(31)36)23-8-6-22(7-9-23)21-34-13-3-4-14-34/h6-9,18-20,24,32H,3-5,10-17,21H2,1-2H3,(H2,31,36). The number of fused-ring (bicyclic) bond motifs is 1. The molecule has 3 aromatic rings. The van der Waals surface area contributed by atoms with Crippen LogP contribution in [-0.2, 0) is 16.6 Å². The predicted molar refractivity (Wildman–Crippen MR) is 157 cm³/mol. The lowest BCUT2D eigenvalue weighted by atomic mass is 9.88. The molecule has 2 aromatic carbocycles. The van der Waals surface area contributed by atoms with Crippen LogP contribution in [0.4, 0.5) is 0 Å². The molecule has 1 aromatic heterocycles. The minimum atomic E-state index is -3.25. The van der Waals surface area contributed by atoms with Crippen molar-refractivity contribution >= 4 is 26.8 Å². The molecule has 1 amide bonds. The van der Waals surface area contributed by atoms with Gasteiger partial charge in [0.1, 0.15) is 0 Å². The Balaban J connectivity index is 1.35. The summed E-state index contributed by atoms with van der Waals surface area (Å²) in [5, 5.41) is 0.995. The molecule has 2 saturated heterocycles. The van der Waals surface area contributed by atoms with Gasteiger partial charge in [-0.3, -0.25) is 9.69 Å². The minimum Gasteiger partial charge on any atom is -0.366 e. The average molecular weight is 552 g/mol. The van der Waals surface area contributed by atoms with Crippen molar-refractivity contribution in [2.24, 2.45) is 5.73 Å². The molecular weight excluding hydrogens is 510 g/mol. The first-order valence-corrected chi connectivity index (χ1v) is 15.7. The van der Waals surface area contributed by atoms with Crippen molar-refractivity contribution in [3.63, 3.8) is 0 Å². The van der Waals surface area contributed by atoms with Gasteiger partial charge in [0.2, 0.25) is 10.0 Å². The number of sulfonamides is 1. The topological polar surface area (TPSA) is 103 Å². The number of hydrogen-bond donors (Lipinski definition) is 2. The Morgan fingerprint density at radius 1 is 1.03 bits per heavy atom. The normalized spacial score (nSPS) is 17.9. The predicted octanol–water partition coefficient (Wildman–Crippen LogP) is 3.99. The van der Waals surface area contributed by atoms with E-state index in [0.717, 1.165) is 66.6 Å². The second kappa shape index (κ2) is 11.8. The van der Waals surface area contributed by atoms with Gasteiger partial charge in [0, 0.05) is 31.2 Å². The maximum atomic E-state index is 12.9. The van der Waals surface area contributed by atoms with Crippen LogP contribution in [0.2, 0.25) is 0 Å². The van der Waals surface area contributed by atoms with Crippen LogP contribution in [0, 0.1) is 0 Å². The largest absolute Gasteiger partial charge is 0.366 e. The molecule has 0 unspecified atom stereocenters. The van der Waals surface area contributed by atoms with Gasteiger partial charge in [0.15, 0.2) is 0 Å². The Hall–Kier alpha value is -2.72. The maximum absolute atomic E-state index is 12.9. The zero-order chi connectivity index (χ0) is 27.6. The minimum absolute atomic E-state index is 0.186. The molecule has 0 spiro atoms. The van der Waals surface area contributed by atoms with E-state index in [2.05, 4.69) is 40.2 Å². The van der Waals surface area contributed by atoms with E-state index < -0.39 is 15.9 Å². The summed E-state index contributed by atoms with van der Waals surface area (Å²) in [4.78, 5) is 20.2. The Kier molecular flexibility index (Phi) is 8.42. The van der Waals surface area contributed by atoms with Crippen molar-refractivity contribution < 1.29 is 13.2 Å². The summed E-state index contributed by atoms with van der Waals surface area (Å²) < 4.78 is 27.4. The van der Waals surface area contributed by atoms with Crippen LogP contribution in [0.15, 0.2) is 42.6 Å². The first-order valence-electron chi connectivity index (χ1n) is 14.1. The van der Waals surface area contributed by atoms with E-state index in [-0.39, 0.29) is 11.7 Å². The fraction of sp³-hybridized carbons (Fsp3) is 0.500. The molecule has 0 saturated carbocycles. The third kappa shape index (κ3) is 6.38. The number of rotatable bonds is 10. The summed E-state index contributed by atoms with van der Waals surface area (Å²) in [6.45, 7) is 5.09. The summed E-state index contributed by atoms with van der Waals surface area (Å²) >= 11 is 0. The molecule has 2 fully saturated rings. The number of primary amides is 1.